The molecule has 3 rings (SSSR count). The summed E-state index contributed by atoms with van der Waals surface area (Å²) >= 11 is 0. The number of carbonyl (C=O) groups is 1. The third kappa shape index (κ3) is 3.23. The van der Waals surface area contributed by atoms with Crippen LogP contribution in [0, 0.1) is 5.82 Å². The number of benzene rings is 1. The van der Waals surface area contributed by atoms with Crippen LogP contribution in [0.25, 0.3) is 0 Å². The van der Waals surface area contributed by atoms with Crippen LogP contribution >= 0.6 is 0 Å². The second-order valence-corrected chi connectivity index (χ2v) is 6.95. The van der Waals surface area contributed by atoms with Gasteiger partial charge in [0.1, 0.15) is 5.82 Å². The molecule has 0 saturated heterocycles. The van der Waals surface area contributed by atoms with Crippen molar-refractivity contribution in [2.24, 2.45) is 0 Å². The third-order valence-electron chi connectivity index (χ3n) is 3.97. The normalized spacial score (nSPS) is 17.7. The molecule has 1 aliphatic heterocycles. The molecule has 1 aromatic carbocycles. The standard InChI is InChI=1S/C18H22FN3O/c1-18(2,3)20-17(23)22-12-11-21-10-4-5-15(21)16(22)13-6-8-14(19)9-7-13/h4-10,16H,11-12H2,1-3H3,(H,20,23)/t16-/m0/s1. The fourth-order valence-electron chi connectivity index (χ4n) is 2.99. The van der Waals surface area contributed by atoms with Crippen molar-refractivity contribution in [3.63, 3.8) is 0 Å². The third-order valence-corrected chi connectivity index (χ3v) is 3.97. The van der Waals surface area contributed by atoms with Gasteiger partial charge < -0.3 is 14.8 Å². The molecule has 1 aromatic heterocycles. The maximum absolute atomic E-state index is 13.3. The molecule has 0 radical (unpaired) electrons. The van der Waals surface area contributed by atoms with E-state index in [1.165, 1.54) is 12.1 Å². The van der Waals surface area contributed by atoms with Crippen LogP contribution in [0.3, 0.4) is 0 Å². The summed E-state index contributed by atoms with van der Waals surface area (Å²) in [4.78, 5) is 14.6. The Morgan fingerprint density at radius 1 is 1.17 bits per heavy atom. The van der Waals surface area contributed by atoms with Crippen LogP contribution in [0.5, 0.6) is 0 Å². The van der Waals surface area contributed by atoms with Crippen molar-refractivity contribution in [1.29, 1.82) is 0 Å². The molecule has 1 atom stereocenters. The predicted octanol–water partition coefficient (Wildman–Crippen LogP) is 3.54. The van der Waals surface area contributed by atoms with Gasteiger partial charge in [-0.2, -0.15) is 0 Å². The van der Waals surface area contributed by atoms with Crippen molar-refractivity contribution >= 4 is 6.03 Å². The number of nitrogens with zero attached hydrogens (tertiary/aromatic N) is 2. The molecule has 5 heteroatoms. The number of amides is 2. The molecule has 23 heavy (non-hydrogen) atoms. The van der Waals surface area contributed by atoms with E-state index in [1.807, 2.05) is 44.0 Å². The smallest absolute Gasteiger partial charge is 0.318 e. The van der Waals surface area contributed by atoms with Crippen molar-refractivity contribution in [3.05, 3.63) is 59.7 Å². The van der Waals surface area contributed by atoms with Crippen molar-refractivity contribution in [3.8, 4) is 0 Å². The maximum Gasteiger partial charge on any atom is 0.318 e. The molecule has 4 nitrogen and oxygen atoms in total. The average Bonchev–Trinajstić information content (AvgIpc) is 2.93. The highest BCUT2D eigenvalue weighted by Gasteiger charge is 2.33. The largest absolute Gasteiger partial charge is 0.348 e. The Balaban J connectivity index is 1.98. The Labute approximate surface area is 135 Å². The number of urea groups is 1. The van der Waals surface area contributed by atoms with E-state index in [1.54, 1.807) is 12.1 Å². The van der Waals surface area contributed by atoms with Gasteiger partial charge in [0.25, 0.3) is 0 Å². The number of rotatable bonds is 1. The van der Waals surface area contributed by atoms with E-state index in [0.717, 1.165) is 17.8 Å². The Morgan fingerprint density at radius 3 is 2.52 bits per heavy atom. The summed E-state index contributed by atoms with van der Waals surface area (Å²) in [7, 11) is 0. The van der Waals surface area contributed by atoms with Crippen LogP contribution < -0.4 is 5.32 Å². The number of carbonyl (C=O) groups excluding carboxylic acids is 1. The molecule has 0 unspecified atom stereocenters. The number of hydrogen-bond donors (Lipinski definition) is 1. The van der Waals surface area contributed by atoms with E-state index >= 15 is 0 Å². The maximum atomic E-state index is 13.3. The van der Waals surface area contributed by atoms with E-state index in [0.29, 0.717) is 6.54 Å². The zero-order chi connectivity index (χ0) is 16.6. The molecule has 2 aromatic rings. The quantitative estimate of drug-likeness (QED) is 0.858. The van der Waals surface area contributed by atoms with Crippen molar-refractivity contribution in [1.82, 2.24) is 14.8 Å². The lowest BCUT2D eigenvalue weighted by molar-refractivity contribution is 0.161. The van der Waals surface area contributed by atoms with Gasteiger partial charge in [-0.05, 0) is 50.6 Å². The minimum atomic E-state index is -0.302. The number of nitrogens with one attached hydrogen (secondary N) is 1. The van der Waals surface area contributed by atoms with Gasteiger partial charge in [0, 0.05) is 30.5 Å². The van der Waals surface area contributed by atoms with E-state index in [-0.39, 0.29) is 23.4 Å². The first-order valence-corrected chi connectivity index (χ1v) is 7.84. The van der Waals surface area contributed by atoms with Gasteiger partial charge in [0.15, 0.2) is 0 Å². The Kier molecular flexibility index (Phi) is 3.88. The first-order valence-electron chi connectivity index (χ1n) is 7.84. The highest BCUT2D eigenvalue weighted by atomic mass is 19.1. The fraction of sp³-hybridized carbons (Fsp3) is 0.389. The summed E-state index contributed by atoms with van der Waals surface area (Å²) in [6.45, 7) is 7.27. The second-order valence-electron chi connectivity index (χ2n) is 6.95. The van der Waals surface area contributed by atoms with E-state index in [2.05, 4.69) is 9.88 Å². The zero-order valence-electron chi connectivity index (χ0n) is 13.7. The van der Waals surface area contributed by atoms with Crippen molar-refractivity contribution in [2.45, 2.75) is 38.9 Å². The number of fused-ring (bicyclic) bond motifs is 1. The number of hydrogen-bond acceptors (Lipinski definition) is 1. The average molecular weight is 315 g/mol. The molecule has 1 aliphatic rings. The molecule has 2 heterocycles. The summed E-state index contributed by atoms with van der Waals surface area (Å²) in [6.07, 6.45) is 2.02. The summed E-state index contributed by atoms with van der Waals surface area (Å²) < 4.78 is 15.4. The SMILES string of the molecule is CC(C)(C)NC(=O)N1CCn2cccc2[C@@H]1c1ccc(F)cc1. The first-order chi connectivity index (χ1) is 10.8. The number of halogens is 1. The predicted molar refractivity (Wildman–Crippen MR) is 87.7 cm³/mol. The minimum absolute atomic E-state index is 0.0979. The molecule has 0 spiro atoms. The monoisotopic (exact) mass is 315 g/mol. The first kappa shape index (κ1) is 15.6. The lowest BCUT2D eigenvalue weighted by atomic mass is 10.00. The van der Waals surface area contributed by atoms with Gasteiger partial charge >= 0.3 is 6.03 Å². The molecule has 0 fully saturated rings. The van der Waals surface area contributed by atoms with Crippen molar-refractivity contribution in [2.75, 3.05) is 6.54 Å². The molecule has 0 aliphatic carbocycles. The second kappa shape index (κ2) is 5.72. The van der Waals surface area contributed by atoms with E-state index in [4.69, 9.17) is 0 Å². The lowest BCUT2D eigenvalue weighted by Gasteiger charge is -2.38. The molecule has 0 saturated carbocycles. The van der Waals surface area contributed by atoms with Crippen LogP contribution in [-0.4, -0.2) is 27.6 Å². The summed E-state index contributed by atoms with van der Waals surface area (Å²) in [5.74, 6) is -0.273. The Hall–Kier alpha value is -2.30. The van der Waals surface area contributed by atoms with Gasteiger partial charge in [0.05, 0.1) is 6.04 Å². The van der Waals surface area contributed by atoms with E-state index < -0.39 is 0 Å². The topological polar surface area (TPSA) is 37.3 Å². The summed E-state index contributed by atoms with van der Waals surface area (Å²) in [5.41, 5.74) is 1.66. The Morgan fingerprint density at radius 2 is 1.87 bits per heavy atom. The summed E-state index contributed by atoms with van der Waals surface area (Å²) in [5, 5.41) is 3.03. The van der Waals surface area contributed by atoms with Crippen LogP contribution in [0.15, 0.2) is 42.6 Å². The highest BCUT2D eigenvalue weighted by molar-refractivity contribution is 5.76. The molecular formula is C18H22FN3O. The van der Waals surface area contributed by atoms with Crippen LogP contribution in [0.1, 0.15) is 38.1 Å². The fourth-order valence-corrected chi connectivity index (χ4v) is 2.99. The van der Waals surface area contributed by atoms with Gasteiger partial charge in [-0.25, -0.2) is 9.18 Å². The van der Waals surface area contributed by atoms with Gasteiger partial charge in [0.2, 0.25) is 0 Å². The highest BCUT2D eigenvalue weighted by Crippen LogP contribution is 2.32. The molecule has 2 amide bonds. The van der Waals surface area contributed by atoms with Crippen LogP contribution in [0.4, 0.5) is 9.18 Å². The molecule has 1 N–H and O–H groups in total. The lowest BCUT2D eigenvalue weighted by Crippen LogP contribution is -2.52. The summed E-state index contributed by atoms with van der Waals surface area (Å²) in [6, 6.07) is 10.1. The van der Waals surface area contributed by atoms with E-state index in [9.17, 15) is 9.18 Å². The minimum Gasteiger partial charge on any atom is -0.348 e. The number of aromatic nitrogens is 1. The van der Waals surface area contributed by atoms with Crippen LogP contribution in [0.2, 0.25) is 0 Å². The van der Waals surface area contributed by atoms with Gasteiger partial charge in [-0.15, -0.1) is 0 Å². The van der Waals surface area contributed by atoms with Crippen LogP contribution in [-0.2, 0) is 6.54 Å². The molecule has 0 bridgehead atoms. The zero-order valence-corrected chi connectivity index (χ0v) is 13.7. The van der Waals surface area contributed by atoms with Gasteiger partial charge in [-0.3, -0.25) is 0 Å². The Bertz CT molecular complexity index is 700. The molecular weight excluding hydrogens is 293 g/mol. The molecule has 122 valence electrons. The van der Waals surface area contributed by atoms with Crippen molar-refractivity contribution < 1.29 is 9.18 Å². The van der Waals surface area contributed by atoms with Gasteiger partial charge in [-0.1, -0.05) is 12.1 Å².